The molecule has 4 rings (SSSR count). The number of carbonyl (C=O) groups excluding carboxylic acids is 2. The van der Waals surface area contributed by atoms with Crippen molar-refractivity contribution in [3.05, 3.63) is 62.3 Å². The number of halogens is 2. The summed E-state index contributed by atoms with van der Waals surface area (Å²) in [6.07, 6.45) is 3.62. The number of piperidine rings is 1. The van der Waals surface area contributed by atoms with Gasteiger partial charge in [-0.1, -0.05) is 17.7 Å². The minimum atomic E-state index is -0.893. The fraction of sp³-hybridized carbons (Fsp3) is 0.409. The maximum atomic E-state index is 14.0. The molecule has 0 aliphatic carbocycles. The number of hydrogen-bond donors (Lipinski definition) is 1. The number of aromatic nitrogens is 1. The maximum Gasteiger partial charge on any atom is 0.278 e. The van der Waals surface area contributed by atoms with Crippen LogP contribution < -0.4 is 10.4 Å². The molecule has 9 heteroatoms. The number of amides is 1. The van der Waals surface area contributed by atoms with Gasteiger partial charge in [0.05, 0.1) is 5.56 Å². The van der Waals surface area contributed by atoms with Gasteiger partial charge in [-0.15, -0.1) is 0 Å². The first-order valence-corrected chi connectivity index (χ1v) is 10.8. The highest BCUT2D eigenvalue weighted by atomic mass is 35.5. The standard InChI is InChI=1S/C22H23ClFN3O4/c1-2-25-18-8-3-4-11-26(18)27-12-14(20(29)21(30)19(27)22(25)31)17(28)10-9-13-15(23)6-5-7-16(13)24/h5-7,12,18,30H,2-4,8-11H2,1H3/t18-/m0/s1. The highest BCUT2D eigenvalue weighted by molar-refractivity contribution is 6.31. The topological polar surface area (TPSA) is 82.9 Å². The van der Waals surface area contributed by atoms with Crippen molar-refractivity contribution < 1.29 is 19.1 Å². The Morgan fingerprint density at radius 3 is 2.77 bits per heavy atom. The molecule has 0 saturated carbocycles. The smallest absolute Gasteiger partial charge is 0.278 e. The number of ketones is 1. The van der Waals surface area contributed by atoms with Crippen LogP contribution in [0.4, 0.5) is 4.39 Å². The number of benzene rings is 1. The predicted molar refractivity (Wildman–Crippen MR) is 114 cm³/mol. The summed E-state index contributed by atoms with van der Waals surface area (Å²) in [5, 5.41) is 12.7. The number of nitrogens with zero attached hydrogens (tertiary/aromatic N) is 3. The normalized spacial score (nSPS) is 18.0. The van der Waals surface area contributed by atoms with E-state index in [0.29, 0.717) is 13.1 Å². The molecular weight excluding hydrogens is 425 g/mol. The van der Waals surface area contributed by atoms with Crippen molar-refractivity contribution in [1.82, 2.24) is 9.58 Å². The van der Waals surface area contributed by atoms with Crippen LogP contribution in [0.15, 0.2) is 29.2 Å². The zero-order valence-electron chi connectivity index (χ0n) is 17.1. The maximum absolute atomic E-state index is 14.0. The van der Waals surface area contributed by atoms with E-state index < -0.39 is 28.7 Å². The molecule has 1 N–H and O–H groups in total. The molecule has 164 valence electrons. The quantitative estimate of drug-likeness (QED) is 0.712. The molecular formula is C22H23ClFN3O4. The molecule has 1 saturated heterocycles. The third kappa shape index (κ3) is 3.59. The predicted octanol–water partition coefficient (Wildman–Crippen LogP) is 3.09. The van der Waals surface area contributed by atoms with Crippen LogP contribution in [0.1, 0.15) is 59.0 Å². The Hall–Kier alpha value is -2.87. The first-order valence-electron chi connectivity index (χ1n) is 10.4. The average molecular weight is 448 g/mol. The molecule has 2 aliphatic heterocycles. The lowest BCUT2D eigenvalue weighted by atomic mass is 10.0. The van der Waals surface area contributed by atoms with Crippen LogP contribution in [0.2, 0.25) is 5.02 Å². The first kappa shape index (κ1) is 21.4. The van der Waals surface area contributed by atoms with Crippen molar-refractivity contribution in [1.29, 1.82) is 0 Å². The van der Waals surface area contributed by atoms with E-state index in [1.807, 2.05) is 11.9 Å². The van der Waals surface area contributed by atoms with Crippen LogP contribution in [0.5, 0.6) is 5.75 Å². The highest BCUT2D eigenvalue weighted by Gasteiger charge is 2.40. The number of pyridine rings is 1. The molecule has 0 radical (unpaired) electrons. The van der Waals surface area contributed by atoms with Crippen molar-refractivity contribution in [2.75, 3.05) is 18.1 Å². The van der Waals surface area contributed by atoms with E-state index in [-0.39, 0.29) is 40.9 Å². The van der Waals surface area contributed by atoms with E-state index in [0.717, 1.165) is 19.3 Å². The van der Waals surface area contributed by atoms with Crippen LogP contribution in [0, 0.1) is 5.82 Å². The molecule has 31 heavy (non-hydrogen) atoms. The molecule has 1 aromatic carbocycles. The van der Waals surface area contributed by atoms with E-state index in [9.17, 15) is 23.9 Å². The lowest BCUT2D eigenvalue weighted by molar-refractivity contribution is 0.0534. The number of carbonyl (C=O) groups is 2. The van der Waals surface area contributed by atoms with Gasteiger partial charge >= 0.3 is 0 Å². The Bertz CT molecular complexity index is 1100. The SMILES string of the molecule is CCN1C(=O)c2c(O)c(=O)c(C(=O)CCc3c(F)cccc3Cl)cn2N2CCCC[C@@H]12. The fourth-order valence-corrected chi connectivity index (χ4v) is 4.68. The van der Waals surface area contributed by atoms with Crippen molar-refractivity contribution in [2.24, 2.45) is 0 Å². The van der Waals surface area contributed by atoms with Gasteiger partial charge in [0.1, 0.15) is 12.0 Å². The van der Waals surface area contributed by atoms with Crippen LogP contribution in [0.25, 0.3) is 0 Å². The largest absolute Gasteiger partial charge is 0.502 e. The van der Waals surface area contributed by atoms with Gasteiger partial charge in [-0.25, -0.2) is 4.39 Å². The summed E-state index contributed by atoms with van der Waals surface area (Å²) < 4.78 is 15.5. The van der Waals surface area contributed by atoms with Gasteiger partial charge in [-0.05, 0) is 44.7 Å². The van der Waals surface area contributed by atoms with E-state index in [1.165, 1.54) is 29.1 Å². The van der Waals surface area contributed by atoms with E-state index in [4.69, 9.17) is 11.6 Å². The van der Waals surface area contributed by atoms with Crippen LogP contribution in [0.3, 0.4) is 0 Å². The van der Waals surface area contributed by atoms with Crippen LogP contribution >= 0.6 is 11.6 Å². The Balaban J connectivity index is 1.71. The summed E-state index contributed by atoms with van der Waals surface area (Å²) in [7, 11) is 0. The van der Waals surface area contributed by atoms with Gasteiger partial charge in [-0.2, -0.15) is 0 Å². The van der Waals surface area contributed by atoms with Crippen LogP contribution in [-0.4, -0.2) is 45.6 Å². The number of fused-ring (bicyclic) bond motifs is 3. The van der Waals surface area contributed by atoms with Gasteiger partial charge in [0.15, 0.2) is 17.2 Å². The zero-order chi connectivity index (χ0) is 22.3. The van der Waals surface area contributed by atoms with Crippen molar-refractivity contribution >= 4 is 23.3 Å². The Morgan fingerprint density at radius 1 is 1.29 bits per heavy atom. The second-order valence-corrected chi connectivity index (χ2v) is 8.17. The van der Waals surface area contributed by atoms with Gasteiger partial charge in [-0.3, -0.25) is 24.1 Å². The van der Waals surface area contributed by atoms with Gasteiger partial charge in [0, 0.05) is 36.3 Å². The second-order valence-electron chi connectivity index (χ2n) is 7.77. The van der Waals surface area contributed by atoms with Crippen molar-refractivity contribution in [2.45, 2.75) is 45.2 Å². The number of hydrogen-bond acceptors (Lipinski definition) is 5. The minimum absolute atomic E-state index is 0.0151. The van der Waals surface area contributed by atoms with E-state index in [2.05, 4.69) is 0 Å². The van der Waals surface area contributed by atoms with Crippen molar-refractivity contribution in [3.63, 3.8) is 0 Å². The molecule has 0 bridgehead atoms. The third-order valence-electron chi connectivity index (χ3n) is 6.01. The van der Waals surface area contributed by atoms with Gasteiger partial charge in [0.25, 0.3) is 5.91 Å². The molecule has 3 heterocycles. The van der Waals surface area contributed by atoms with Crippen molar-refractivity contribution in [3.8, 4) is 5.75 Å². The summed E-state index contributed by atoms with van der Waals surface area (Å²) in [5.41, 5.74) is -1.05. The lowest BCUT2D eigenvalue weighted by Crippen LogP contribution is -2.63. The highest BCUT2D eigenvalue weighted by Crippen LogP contribution is 2.30. The minimum Gasteiger partial charge on any atom is -0.502 e. The molecule has 2 aromatic rings. The summed E-state index contributed by atoms with van der Waals surface area (Å²) in [4.78, 5) is 40.2. The van der Waals surface area contributed by atoms with E-state index >= 15 is 0 Å². The second kappa shape index (κ2) is 8.34. The number of Topliss-reactive ketones (excluding diaryl/α,β-unsaturated/α-hetero) is 1. The lowest BCUT2D eigenvalue weighted by Gasteiger charge is -2.48. The Labute approximate surface area is 183 Å². The molecule has 0 unspecified atom stereocenters. The Kier molecular flexibility index (Phi) is 5.75. The summed E-state index contributed by atoms with van der Waals surface area (Å²) in [5.74, 6) is -2.24. The fourth-order valence-electron chi connectivity index (χ4n) is 4.43. The summed E-state index contributed by atoms with van der Waals surface area (Å²) >= 11 is 6.02. The molecule has 2 aliphatic rings. The molecule has 7 nitrogen and oxygen atoms in total. The molecule has 1 atom stereocenters. The third-order valence-corrected chi connectivity index (χ3v) is 6.37. The molecule has 1 amide bonds. The molecule has 1 fully saturated rings. The number of rotatable bonds is 5. The van der Waals surface area contributed by atoms with Gasteiger partial charge in [0.2, 0.25) is 5.43 Å². The molecule has 0 spiro atoms. The average Bonchev–Trinajstić information content (AvgIpc) is 2.75. The first-order chi connectivity index (χ1) is 14.8. The van der Waals surface area contributed by atoms with Crippen LogP contribution in [-0.2, 0) is 6.42 Å². The van der Waals surface area contributed by atoms with Gasteiger partial charge < -0.3 is 10.0 Å². The van der Waals surface area contributed by atoms with E-state index in [1.54, 1.807) is 4.90 Å². The summed E-state index contributed by atoms with van der Waals surface area (Å²) in [6.45, 7) is 2.92. The monoisotopic (exact) mass is 447 g/mol. The number of aromatic hydroxyl groups is 1. The zero-order valence-corrected chi connectivity index (χ0v) is 17.9. The summed E-state index contributed by atoms with van der Waals surface area (Å²) in [6, 6.07) is 4.26. The molecule has 1 aromatic heterocycles. The Morgan fingerprint density at radius 2 is 2.06 bits per heavy atom.